The SMILES string of the molecule is O=C(N1CC2(C1)OCc1cc(C3=NOC(c4cc(Cl)cc(Cl)c4)(C(F)(F)F)C3)cnc12)C(F)(F)F. The maximum absolute atomic E-state index is 14.2. The van der Waals surface area contributed by atoms with Crippen molar-refractivity contribution in [1.29, 1.82) is 0 Å². The highest BCUT2D eigenvalue weighted by molar-refractivity contribution is 6.34. The van der Waals surface area contributed by atoms with Gasteiger partial charge in [-0.2, -0.15) is 26.3 Å². The van der Waals surface area contributed by atoms with Crippen molar-refractivity contribution in [2.24, 2.45) is 5.16 Å². The Morgan fingerprint density at radius 1 is 1.03 bits per heavy atom. The van der Waals surface area contributed by atoms with Crippen LogP contribution in [0.4, 0.5) is 26.3 Å². The first kappa shape index (κ1) is 24.1. The summed E-state index contributed by atoms with van der Waals surface area (Å²) in [6, 6.07) is 4.99. The van der Waals surface area contributed by atoms with Crippen LogP contribution in [0.25, 0.3) is 0 Å². The minimum absolute atomic E-state index is 0.00614. The van der Waals surface area contributed by atoms with Crippen LogP contribution in [0.3, 0.4) is 0 Å². The Morgan fingerprint density at radius 3 is 2.29 bits per heavy atom. The molecule has 0 saturated carbocycles. The molecule has 4 heterocycles. The van der Waals surface area contributed by atoms with Gasteiger partial charge in [0.15, 0.2) is 0 Å². The molecule has 14 heteroatoms. The molecular weight excluding hydrogens is 527 g/mol. The molecule has 3 aliphatic heterocycles. The lowest BCUT2D eigenvalue weighted by molar-refractivity contribution is -0.275. The van der Waals surface area contributed by atoms with Crippen LogP contribution in [0.15, 0.2) is 35.6 Å². The fraction of sp³-hybridized carbons (Fsp3) is 0.381. The molecule has 1 spiro atoms. The van der Waals surface area contributed by atoms with Gasteiger partial charge in [0.1, 0.15) is 5.60 Å². The van der Waals surface area contributed by atoms with Crippen LogP contribution in [0.5, 0.6) is 0 Å². The molecule has 3 aliphatic rings. The number of likely N-dealkylation sites (tertiary alicyclic amines) is 1. The predicted molar refractivity (Wildman–Crippen MR) is 110 cm³/mol. The number of fused-ring (bicyclic) bond motifs is 2. The number of pyridine rings is 1. The Kier molecular flexibility index (Phi) is 5.32. The van der Waals surface area contributed by atoms with Crippen molar-refractivity contribution >= 4 is 34.8 Å². The molecular formula is C21H13Cl2F6N3O3. The number of nitrogens with zero attached hydrogens (tertiary/aromatic N) is 3. The number of aromatic nitrogens is 1. The van der Waals surface area contributed by atoms with E-state index in [9.17, 15) is 31.1 Å². The van der Waals surface area contributed by atoms with E-state index in [0.717, 1.165) is 12.1 Å². The van der Waals surface area contributed by atoms with Crippen LogP contribution < -0.4 is 0 Å². The lowest BCUT2D eigenvalue weighted by atomic mass is 9.85. The molecule has 2 aromatic rings. The zero-order valence-corrected chi connectivity index (χ0v) is 18.8. The van der Waals surface area contributed by atoms with Crippen LogP contribution in [-0.4, -0.2) is 46.9 Å². The number of carbonyl (C=O) groups excluding carboxylic acids is 1. The largest absolute Gasteiger partial charge is 0.471 e. The summed E-state index contributed by atoms with van der Waals surface area (Å²) < 4.78 is 86.2. The van der Waals surface area contributed by atoms with Crippen LogP contribution in [0.2, 0.25) is 10.0 Å². The number of oxime groups is 1. The monoisotopic (exact) mass is 539 g/mol. The molecule has 1 fully saturated rings. The fourth-order valence-corrected chi connectivity index (χ4v) is 4.98. The number of rotatable bonds is 2. The van der Waals surface area contributed by atoms with E-state index in [2.05, 4.69) is 10.1 Å². The highest BCUT2D eigenvalue weighted by atomic mass is 35.5. The van der Waals surface area contributed by atoms with E-state index in [1.807, 2.05) is 0 Å². The number of amides is 1. The Labute approximate surface area is 203 Å². The third-order valence-electron chi connectivity index (χ3n) is 6.17. The van der Waals surface area contributed by atoms with E-state index in [-0.39, 0.29) is 46.6 Å². The highest BCUT2D eigenvalue weighted by Crippen LogP contribution is 2.50. The molecule has 35 heavy (non-hydrogen) atoms. The van der Waals surface area contributed by atoms with Gasteiger partial charge in [-0.3, -0.25) is 9.78 Å². The molecule has 1 aromatic heterocycles. The van der Waals surface area contributed by atoms with Crippen molar-refractivity contribution in [1.82, 2.24) is 9.88 Å². The minimum Gasteiger partial charge on any atom is -0.374 e. The molecule has 1 aromatic carbocycles. The number of carbonyl (C=O) groups is 1. The van der Waals surface area contributed by atoms with E-state index < -0.39 is 35.9 Å². The number of hydrogen-bond acceptors (Lipinski definition) is 5. The first-order valence-electron chi connectivity index (χ1n) is 10.0. The normalized spacial score (nSPS) is 23.1. The summed E-state index contributed by atoms with van der Waals surface area (Å²) in [5, 5.41) is 3.66. The van der Waals surface area contributed by atoms with E-state index in [1.54, 1.807) is 0 Å². The number of ether oxygens (including phenoxy) is 1. The number of alkyl halides is 6. The van der Waals surface area contributed by atoms with Crippen LogP contribution in [0.1, 0.15) is 28.8 Å². The van der Waals surface area contributed by atoms with Crippen molar-refractivity contribution in [3.05, 3.63) is 62.9 Å². The fourth-order valence-electron chi connectivity index (χ4n) is 4.45. The molecule has 0 radical (unpaired) electrons. The molecule has 6 nitrogen and oxygen atoms in total. The van der Waals surface area contributed by atoms with Crippen molar-refractivity contribution in [2.45, 2.75) is 36.6 Å². The van der Waals surface area contributed by atoms with Gasteiger partial charge in [-0.15, -0.1) is 0 Å². The Hall–Kier alpha value is -2.57. The molecule has 0 aliphatic carbocycles. The minimum atomic E-state index is -5.00. The maximum Gasteiger partial charge on any atom is 0.471 e. The average molecular weight is 540 g/mol. The van der Waals surface area contributed by atoms with Crippen molar-refractivity contribution in [3.8, 4) is 0 Å². The number of halogens is 8. The molecule has 1 atom stereocenters. The zero-order valence-electron chi connectivity index (χ0n) is 17.3. The summed E-state index contributed by atoms with van der Waals surface area (Å²) in [7, 11) is 0. The molecule has 5 rings (SSSR count). The van der Waals surface area contributed by atoms with Gasteiger partial charge in [0.2, 0.25) is 0 Å². The predicted octanol–water partition coefficient (Wildman–Crippen LogP) is 5.10. The second-order valence-corrected chi connectivity index (χ2v) is 9.34. The van der Waals surface area contributed by atoms with Crippen molar-refractivity contribution in [2.75, 3.05) is 13.1 Å². The van der Waals surface area contributed by atoms with Gasteiger partial charge >= 0.3 is 18.3 Å². The Bertz CT molecular complexity index is 1240. The van der Waals surface area contributed by atoms with E-state index in [1.165, 1.54) is 18.3 Å². The first-order valence-corrected chi connectivity index (χ1v) is 10.8. The molecule has 1 amide bonds. The summed E-state index contributed by atoms with van der Waals surface area (Å²) in [6.45, 7) is -0.699. The second kappa shape index (κ2) is 7.71. The zero-order chi connectivity index (χ0) is 25.4. The van der Waals surface area contributed by atoms with E-state index in [0.29, 0.717) is 16.2 Å². The first-order chi connectivity index (χ1) is 16.2. The standard InChI is InChI=1S/C21H13Cl2F6N3O3/c22-13-2-12(3-14(23)4-13)19(21(27,28)29)5-15(31-35-19)10-1-11-7-34-18(16(11)30-6-10)8-32(9-18)17(33)20(24,25)26/h1-4,6H,5,7-9H2. The van der Waals surface area contributed by atoms with Gasteiger partial charge in [-0.25, -0.2) is 0 Å². The Balaban J connectivity index is 1.40. The summed E-state index contributed by atoms with van der Waals surface area (Å²) in [5.41, 5.74) is -3.34. The number of benzene rings is 1. The van der Waals surface area contributed by atoms with Crippen LogP contribution >= 0.6 is 23.2 Å². The molecule has 186 valence electrons. The molecule has 0 N–H and O–H groups in total. The van der Waals surface area contributed by atoms with Gasteiger partial charge in [0, 0.05) is 32.9 Å². The molecule has 1 unspecified atom stereocenters. The number of hydrogen-bond donors (Lipinski definition) is 0. The lowest BCUT2D eigenvalue weighted by Gasteiger charge is -2.46. The Morgan fingerprint density at radius 2 is 1.69 bits per heavy atom. The van der Waals surface area contributed by atoms with Gasteiger partial charge in [-0.1, -0.05) is 28.4 Å². The van der Waals surface area contributed by atoms with E-state index >= 15 is 0 Å². The summed E-state index contributed by atoms with van der Waals surface area (Å²) in [4.78, 5) is 21.2. The van der Waals surface area contributed by atoms with Gasteiger partial charge < -0.3 is 14.5 Å². The van der Waals surface area contributed by atoms with Crippen LogP contribution in [-0.2, 0) is 32.2 Å². The van der Waals surface area contributed by atoms with Gasteiger partial charge in [0.25, 0.3) is 5.60 Å². The summed E-state index contributed by atoms with van der Waals surface area (Å²) in [6.07, 6.45) is -9.31. The smallest absolute Gasteiger partial charge is 0.374 e. The second-order valence-electron chi connectivity index (χ2n) is 8.46. The lowest BCUT2D eigenvalue weighted by Crippen LogP contribution is -2.63. The van der Waals surface area contributed by atoms with Crippen molar-refractivity contribution < 1.29 is 40.7 Å². The maximum atomic E-state index is 14.2. The average Bonchev–Trinajstić information content (AvgIpc) is 3.33. The van der Waals surface area contributed by atoms with Crippen LogP contribution in [0, 0.1) is 0 Å². The van der Waals surface area contributed by atoms with E-state index in [4.69, 9.17) is 32.8 Å². The van der Waals surface area contributed by atoms with Gasteiger partial charge in [0.05, 0.1) is 37.5 Å². The van der Waals surface area contributed by atoms with Crippen molar-refractivity contribution in [3.63, 3.8) is 0 Å². The summed E-state index contributed by atoms with van der Waals surface area (Å²) >= 11 is 11.8. The molecule has 0 bridgehead atoms. The quantitative estimate of drug-likeness (QED) is 0.498. The topological polar surface area (TPSA) is 64.0 Å². The summed E-state index contributed by atoms with van der Waals surface area (Å²) in [5.74, 6) is -1.97. The highest BCUT2D eigenvalue weighted by Gasteiger charge is 2.63. The third kappa shape index (κ3) is 3.82. The third-order valence-corrected chi connectivity index (χ3v) is 6.61. The molecule has 1 saturated heterocycles. The van der Waals surface area contributed by atoms with Gasteiger partial charge in [-0.05, 0) is 24.3 Å².